The number of primary amides is 1. The van der Waals surface area contributed by atoms with Gasteiger partial charge in [-0.25, -0.2) is 32.5 Å². The zero-order chi connectivity index (χ0) is 23.2. The minimum Gasteiger partial charge on any atom is -0.364 e. The second kappa shape index (κ2) is 7.76. The molecule has 0 fully saturated rings. The molecule has 8 nitrogen and oxygen atoms in total. The number of carbonyl (C=O) groups is 2. The van der Waals surface area contributed by atoms with E-state index in [-0.39, 0.29) is 28.4 Å². The van der Waals surface area contributed by atoms with Gasteiger partial charge < -0.3 is 5.73 Å². The molecule has 0 bridgehead atoms. The summed E-state index contributed by atoms with van der Waals surface area (Å²) in [5.74, 6) is -4.60. The van der Waals surface area contributed by atoms with Crippen LogP contribution in [-0.2, 0) is 6.54 Å². The molecule has 2 N–H and O–H groups in total. The Labute approximate surface area is 177 Å². The van der Waals surface area contributed by atoms with E-state index in [0.717, 1.165) is 27.3 Å². The lowest BCUT2D eigenvalue weighted by Crippen LogP contribution is -2.27. The van der Waals surface area contributed by atoms with Crippen molar-refractivity contribution < 1.29 is 22.8 Å². The molecular formula is C21H14F3N5O3. The molecule has 0 atom stereocenters. The average molecular weight is 441 g/mol. The number of Topliss-reactive ketones (excluding diaryl/α,β-unsaturated/α-hetero) is 1. The highest BCUT2D eigenvalue weighted by Gasteiger charge is 2.26. The number of benzene rings is 2. The molecule has 0 saturated carbocycles. The van der Waals surface area contributed by atoms with Crippen molar-refractivity contribution in [1.29, 1.82) is 0 Å². The number of para-hydroxylation sites is 1. The molecule has 32 heavy (non-hydrogen) atoms. The van der Waals surface area contributed by atoms with E-state index in [9.17, 15) is 27.6 Å². The maximum Gasteiger partial charge on any atom is 0.335 e. The molecule has 4 rings (SSSR count). The van der Waals surface area contributed by atoms with E-state index < -0.39 is 46.9 Å². The summed E-state index contributed by atoms with van der Waals surface area (Å²) in [6.45, 7) is 0.685. The molecule has 2 aromatic carbocycles. The van der Waals surface area contributed by atoms with Crippen LogP contribution < -0.4 is 11.4 Å². The quantitative estimate of drug-likeness (QED) is 0.478. The molecule has 0 aliphatic rings. The fourth-order valence-electron chi connectivity index (χ4n) is 3.38. The van der Waals surface area contributed by atoms with Crippen LogP contribution in [0.3, 0.4) is 0 Å². The maximum absolute atomic E-state index is 14.5. The minimum absolute atomic E-state index is 0.0736. The second-order valence-corrected chi connectivity index (χ2v) is 6.86. The third kappa shape index (κ3) is 3.43. The maximum atomic E-state index is 14.5. The predicted octanol–water partition coefficient (Wildman–Crippen LogP) is 2.29. The number of imidazole rings is 1. The Morgan fingerprint density at radius 2 is 1.75 bits per heavy atom. The van der Waals surface area contributed by atoms with E-state index in [2.05, 4.69) is 9.97 Å². The number of nitrogens with two attached hydrogens (primary N) is 1. The molecule has 0 spiro atoms. The van der Waals surface area contributed by atoms with Gasteiger partial charge in [-0.1, -0.05) is 12.1 Å². The van der Waals surface area contributed by atoms with Crippen molar-refractivity contribution >= 4 is 22.9 Å². The van der Waals surface area contributed by atoms with E-state index in [4.69, 9.17) is 5.73 Å². The van der Waals surface area contributed by atoms with Crippen LogP contribution in [0.4, 0.5) is 13.2 Å². The van der Waals surface area contributed by atoms with Crippen LogP contribution in [0, 0.1) is 24.4 Å². The monoisotopic (exact) mass is 441 g/mol. The standard InChI is InChI=1S/C21H14F3N5O3/c1-10-26-17(19(25)31)18-20(27-10)29(15-5-3-2-4-13(15)23)21(32)28(18)9-16(30)12-7-6-11(22)8-14(12)24/h2-8H,9H2,1H3,(H2,25,31). The summed E-state index contributed by atoms with van der Waals surface area (Å²) in [5.41, 5.74) is 3.09. The topological polar surface area (TPSA) is 113 Å². The van der Waals surface area contributed by atoms with Gasteiger partial charge in [0.1, 0.15) is 28.8 Å². The summed E-state index contributed by atoms with van der Waals surface area (Å²) in [5, 5.41) is 0. The van der Waals surface area contributed by atoms with Gasteiger partial charge in [0.25, 0.3) is 5.91 Å². The molecule has 0 saturated heterocycles. The molecule has 0 unspecified atom stereocenters. The number of amides is 1. The van der Waals surface area contributed by atoms with Gasteiger partial charge in [0.2, 0.25) is 0 Å². The van der Waals surface area contributed by atoms with Crippen LogP contribution >= 0.6 is 0 Å². The Bertz CT molecular complexity index is 1480. The number of fused-ring (bicyclic) bond motifs is 1. The summed E-state index contributed by atoms with van der Waals surface area (Å²) in [6.07, 6.45) is 0. The predicted molar refractivity (Wildman–Crippen MR) is 107 cm³/mol. The Kier molecular flexibility index (Phi) is 5.09. The van der Waals surface area contributed by atoms with Gasteiger partial charge in [-0.05, 0) is 31.2 Å². The fraction of sp³-hybridized carbons (Fsp3) is 0.0952. The van der Waals surface area contributed by atoms with E-state index in [1.807, 2.05) is 0 Å². The number of rotatable bonds is 5. The van der Waals surface area contributed by atoms with Gasteiger partial charge >= 0.3 is 5.69 Å². The minimum atomic E-state index is -1.12. The Hall–Kier alpha value is -4.28. The van der Waals surface area contributed by atoms with Crippen molar-refractivity contribution in [3.63, 3.8) is 0 Å². The zero-order valence-electron chi connectivity index (χ0n) is 16.5. The van der Waals surface area contributed by atoms with Gasteiger partial charge in [0.15, 0.2) is 17.1 Å². The van der Waals surface area contributed by atoms with Gasteiger partial charge in [-0.3, -0.25) is 14.2 Å². The molecule has 2 heterocycles. The molecule has 0 aliphatic heterocycles. The van der Waals surface area contributed by atoms with Crippen molar-refractivity contribution in [3.8, 4) is 5.69 Å². The summed E-state index contributed by atoms with van der Waals surface area (Å²) in [6, 6.07) is 7.68. The first-order valence-corrected chi connectivity index (χ1v) is 9.22. The normalized spacial score (nSPS) is 11.1. The molecule has 2 aromatic heterocycles. The molecule has 1 amide bonds. The van der Waals surface area contributed by atoms with E-state index >= 15 is 0 Å². The molecule has 162 valence electrons. The highest BCUT2D eigenvalue weighted by molar-refractivity contribution is 6.03. The van der Waals surface area contributed by atoms with E-state index in [1.165, 1.54) is 25.1 Å². The fourth-order valence-corrected chi connectivity index (χ4v) is 3.38. The van der Waals surface area contributed by atoms with Crippen molar-refractivity contribution in [3.05, 3.63) is 87.5 Å². The van der Waals surface area contributed by atoms with Crippen molar-refractivity contribution in [2.75, 3.05) is 0 Å². The Morgan fingerprint density at radius 1 is 1.03 bits per heavy atom. The Balaban J connectivity index is 2.01. The number of halogens is 3. The first-order chi connectivity index (χ1) is 15.2. The zero-order valence-corrected chi connectivity index (χ0v) is 16.5. The number of nitrogens with zero attached hydrogens (tertiary/aromatic N) is 4. The number of hydrogen-bond acceptors (Lipinski definition) is 5. The van der Waals surface area contributed by atoms with Gasteiger partial charge in [-0.15, -0.1) is 0 Å². The van der Waals surface area contributed by atoms with Crippen LogP contribution in [0.15, 0.2) is 47.3 Å². The number of hydrogen-bond donors (Lipinski definition) is 1. The van der Waals surface area contributed by atoms with Gasteiger partial charge in [-0.2, -0.15) is 0 Å². The first kappa shape index (κ1) is 21.0. The summed E-state index contributed by atoms with van der Waals surface area (Å²) < 4.78 is 43.5. The highest BCUT2D eigenvalue weighted by atomic mass is 19.1. The lowest BCUT2D eigenvalue weighted by atomic mass is 10.1. The smallest absolute Gasteiger partial charge is 0.335 e. The number of aryl methyl sites for hydroxylation is 1. The summed E-state index contributed by atoms with van der Waals surface area (Å²) in [7, 11) is 0. The molecule has 11 heteroatoms. The molecular weight excluding hydrogens is 427 g/mol. The van der Waals surface area contributed by atoms with Gasteiger partial charge in [0, 0.05) is 6.07 Å². The lowest BCUT2D eigenvalue weighted by molar-refractivity contribution is 0.0962. The average Bonchev–Trinajstić information content (AvgIpc) is 2.98. The molecule has 0 aliphatic carbocycles. The third-order valence-corrected chi connectivity index (χ3v) is 4.74. The van der Waals surface area contributed by atoms with Crippen LogP contribution in [-0.4, -0.2) is 30.8 Å². The van der Waals surface area contributed by atoms with Gasteiger partial charge in [0.05, 0.1) is 17.8 Å². The lowest BCUT2D eigenvalue weighted by Gasteiger charge is -2.06. The van der Waals surface area contributed by atoms with Crippen molar-refractivity contribution in [2.24, 2.45) is 5.73 Å². The van der Waals surface area contributed by atoms with Crippen LogP contribution in [0.5, 0.6) is 0 Å². The number of aromatic nitrogens is 4. The molecule has 4 aromatic rings. The van der Waals surface area contributed by atoms with E-state index in [1.54, 1.807) is 0 Å². The van der Waals surface area contributed by atoms with Crippen LogP contribution in [0.2, 0.25) is 0 Å². The van der Waals surface area contributed by atoms with Crippen molar-refractivity contribution in [2.45, 2.75) is 13.5 Å². The Morgan fingerprint density at radius 3 is 2.41 bits per heavy atom. The SMILES string of the molecule is Cc1nc(C(N)=O)c2c(n1)n(-c1ccccc1F)c(=O)n2CC(=O)c1ccc(F)cc1F. The first-order valence-electron chi connectivity index (χ1n) is 9.22. The van der Waals surface area contributed by atoms with Crippen LogP contribution in [0.1, 0.15) is 26.7 Å². The molecule has 0 radical (unpaired) electrons. The third-order valence-electron chi connectivity index (χ3n) is 4.74. The summed E-state index contributed by atoms with van der Waals surface area (Å²) in [4.78, 5) is 46.1. The number of ketones is 1. The van der Waals surface area contributed by atoms with Crippen molar-refractivity contribution in [1.82, 2.24) is 19.1 Å². The second-order valence-electron chi connectivity index (χ2n) is 6.86. The van der Waals surface area contributed by atoms with Crippen LogP contribution in [0.25, 0.3) is 16.9 Å². The number of carbonyl (C=O) groups excluding carboxylic acids is 2. The highest BCUT2D eigenvalue weighted by Crippen LogP contribution is 2.21. The largest absolute Gasteiger partial charge is 0.364 e. The van der Waals surface area contributed by atoms with E-state index in [0.29, 0.717) is 6.07 Å². The summed E-state index contributed by atoms with van der Waals surface area (Å²) >= 11 is 0.